The number of hydrogen-bond donors (Lipinski definition) is 3. The third-order valence-corrected chi connectivity index (χ3v) is 4.25. The molecule has 11 nitrogen and oxygen atoms in total. The van der Waals surface area contributed by atoms with E-state index in [0.29, 0.717) is 18.1 Å². The molecule has 0 spiro atoms. The molecule has 2 amide bonds. The highest BCUT2D eigenvalue weighted by atomic mass is 32.2. The van der Waals surface area contributed by atoms with Gasteiger partial charge in [-0.25, -0.2) is 13.6 Å². The van der Waals surface area contributed by atoms with Crippen molar-refractivity contribution >= 4 is 21.8 Å². The Bertz CT molecular complexity index is 925. The van der Waals surface area contributed by atoms with Crippen molar-refractivity contribution < 1.29 is 27.5 Å². The number of nitrogens with zero attached hydrogens (tertiary/aromatic N) is 2. The first kappa shape index (κ1) is 21.2. The summed E-state index contributed by atoms with van der Waals surface area (Å²) in [7, 11) is -3.90. The number of carbonyl (C=O) groups is 2. The maximum atomic E-state index is 12.0. The van der Waals surface area contributed by atoms with E-state index in [1.54, 1.807) is 24.3 Å². The minimum atomic E-state index is -3.90. The summed E-state index contributed by atoms with van der Waals surface area (Å²) in [4.78, 5) is 23.6. The van der Waals surface area contributed by atoms with E-state index in [2.05, 4.69) is 16.0 Å². The molecule has 2 aromatic rings. The molecule has 1 aromatic carbocycles. The molecule has 152 valence electrons. The summed E-state index contributed by atoms with van der Waals surface area (Å²) in [5, 5.41) is 8.67. The molecule has 0 aliphatic carbocycles. The molecule has 28 heavy (non-hydrogen) atoms. The maximum Gasteiger partial charge on any atom is 0.279 e. The van der Waals surface area contributed by atoms with Crippen molar-refractivity contribution in [3.8, 4) is 11.5 Å². The number of nitrogens with two attached hydrogens (primary N) is 1. The summed E-state index contributed by atoms with van der Waals surface area (Å²) in [6, 6.07) is 6.75. The fourth-order valence-corrected chi connectivity index (χ4v) is 2.50. The number of primary sulfonamides is 1. The third-order valence-electron chi connectivity index (χ3n) is 3.39. The highest BCUT2D eigenvalue weighted by Gasteiger charge is 2.16. The summed E-state index contributed by atoms with van der Waals surface area (Å²) >= 11 is 0. The molecule has 1 aromatic heterocycles. The number of aromatic nitrogens is 2. The van der Waals surface area contributed by atoms with E-state index in [1.165, 1.54) is 6.92 Å². The molecule has 0 aliphatic rings. The number of ether oxygens (including phenoxy) is 2. The van der Waals surface area contributed by atoms with Crippen LogP contribution >= 0.6 is 0 Å². The lowest BCUT2D eigenvalue weighted by molar-refractivity contribution is -0.133. The van der Waals surface area contributed by atoms with Crippen molar-refractivity contribution in [2.45, 2.75) is 31.4 Å². The van der Waals surface area contributed by atoms with E-state index < -0.39 is 27.9 Å². The summed E-state index contributed by atoms with van der Waals surface area (Å²) < 4.78 is 34.2. The van der Waals surface area contributed by atoms with Gasteiger partial charge in [0.25, 0.3) is 11.8 Å². The zero-order valence-electron chi connectivity index (χ0n) is 15.3. The lowest BCUT2D eigenvalue weighted by Gasteiger charge is -2.15. The Morgan fingerprint density at radius 2 is 1.86 bits per heavy atom. The van der Waals surface area contributed by atoms with Crippen LogP contribution in [-0.4, -0.2) is 42.7 Å². The number of carbonyl (C=O) groups excluding carboxylic acids is 2. The molecule has 0 saturated carbocycles. The van der Waals surface area contributed by atoms with E-state index in [1.807, 2.05) is 6.92 Å². The van der Waals surface area contributed by atoms with Gasteiger partial charge in [0.15, 0.2) is 6.10 Å². The molecular formula is C16H21N5O6S. The van der Waals surface area contributed by atoms with E-state index in [9.17, 15) is 18.0 Å². The van der Waals surface area contributed by atoms with Gasteiger partial charge in [0, 0.05) is 6.20 Å². The number of hydrogen-bond acceptors (Lipinski definition) is 7. The molecule has 4 N–H and O–H groups in total. The molecule has 0 aliphatic heterocycles. The molecule has 0 bridgehead atoms. The Morgan fingerprint density at radius 3 is 2.43 bits per heavy atom. The van der Waals surface area contributed by atoms with Crippen molar-refractivity contribution in [3.05, 3.63) is 36.7 Å². The number of nitrogens with one attached hydrogen (secondary N) is 2. The van der Waals surface area contributed by atoms with Crippen LogP contribution in [0.15, 0.2) is 41.6 Å². The van der Waals surface area contributed by atoms with Gasteiger partial charge in [0.05, 0.1) is 12.8 Å². The first-order valence-electron chi connectivity index (χ1n) is 8.22. The van der Waals surface area contributed by atoms with Gasteiger partial charge in [-0.1, -0.05) is 0 Å². The monoisotopic (exact) mass is 411 g/mol. The van der Waals surface area contributed by atoms with Gasteiger partial charge in [-0.05, 0) is 38.1 Å². The number of sulfonamides is 1. The van der Waals surface area contributed by atoms with Crippen LogP contribution in [0.5, 0.6) is 11.5 Å². The molecule has 0 fully saturated rings. The second-order valence-electron chi connectivity index (χ2n) is 5.62. The minimum Gasteiger partial charge on any atom is -0.494 e. The van der Waals surface area contributed by atoms with Gasteiger partial charge in [-0.3, -0.25) is 25.1 Å². The van der Waals surface area contributed by atoms with Crippen molar-refractivity contribution in [3.63, 3.8) is 0 Å². The van der Waals surface area contributed by atoms with Gasteiger partial charge in [0.1, 0.15) is 22.9 Å². The summed E-state index contributed by atoms with van der Waals surface area (Å²) in [6.07, 6.45) is 1.25. The number of amides is 2. The first-order valence-corrected chi connectivity index (χ1v) is 9.77. The van der Waals surface area contributed by atoms with E-state index in [0.717, 1.165) is 17.1 Å². The quantitative estimate of drug-likeness (QED) is 0.497. The van der Waals surface area contributed by atoms with Crippen LogP contribution in [0.25, 0.3) is 0 Å². The Morgan fingerprint density at radius 1 is 1.21 bits per heavy atom. The molecule has 1 atom stereocenters. The number of hydrazine groups is 1. The van der Waals surface area contributed by atoms with Crippen LogP contribution in [0.3, 0.4) is 0 Å². The lowest BCUT2D eigenvalue weighted by atomic mass is 10.3. The average molecular weight is 411 g/mol. The smallest absolute Gasteiger partial charge is 0.279 e. The van der Waals surface area contributed by atoms with Crippen molar-refractivity contribution in [1.82, 2.24) is 20.6 Å². The Balaban J connectivity index is 1.80. The van der Waals surface area contributed by atoms with Crippen LogP contribution < -0.4 is 25.5 Å². The van der Waals surface area contributed by atoms with Crippen LogP contribution in [0.4, 0.5) is 0 Å². The lowest BCUT2D eigenvalue weighted by Crippen LogP contribution is -2.48. The third kappa shape index (κ3) is 6.25. The SMILES string of the molecule is CCOc1ccc(OC(C)C(=O)NNC(=O)Cn2cc(S(N)(=O)=O)cn2)cc1. The Labute approximate surface area is 161 Å². The molecule has 2 rings (SSSR count). The van der Waals surface area contributed by atoms with Gasteiger partial charge in [-0.15, -0.1) is 0 Å². The fraction of sp³-hybridized carbons (Fsp3) is 0.312. The van der Waals surface area contributed by atoms with Crippen LogP contribution in [0.2, 0.25) is 0 Å². The fourth-order valence-electron chi connectivity index (χ4n) is 2.04. The molecule has 0 saturated heterocycles. The van der Waals surface area contributed by atoms with Crippen molar-refractivity contribution in [2.75, 3.05) is 6.61 Å². The molecule has 1 unspecified atom stereocenters. The number of rotatable bonds is 8. The second kappa shape index (κ2) is 9.19. The summed E-state index contributed by atoms with van der Waals surface area (Å²) in [6.45, 7) is 3.62. The zero-order chi connectivity index (χ0) is 20.7. The average Bonchev–Trinajstić information content (AvgIpc) is 3.10. The zero-order valence-corrected chi connectivity index (χ0v) is 16.1. The first-order chi connectivity index (χ1) is 13.2. The largest absolute Gasteiger partial charge is 0.494 e. The van der Waals surface area contributed by atoms with Crippen molar-refractivity contribution in [1.29, 1.82) is 0 Å². The second-order valence-corrected chi connectivity index (χ2v) is 7.18. The summed E-state index contributed by atoms with van der Waals surface area (Å²) in [5.74, 6) is -0.0495. The van der Waals surface area contributed by atoms with E-state index >= 15 is 0 Å². The highest BCUT2D eigenvalue weighted by Crippen LogP contribution is 2.18. The van der Waals surface area contributed by atoms with Crippen LogP contribution in [0, 0.1) is 0 Å². The normalized spacial score (nSPS) is 12.1. The number of benzene rings is 1. The predicted molar refractivity (Wildman–Crippen MR) is 97.6 cm³/mol. The van der Waals surface area contributed by atoms with Gasteiger partial charge < -0.3 is 9.47 Å². The standard InChI is InChI=1S/C16H21N5O6S/c1-3-26-12-4-6-13(7-5-12)27-11(2)16(23)20-19-15(22)10-21-9-14(8-18-21)28(17,24)25/h4-9,11H,3,10H2,1-2H3,(H,19,22)(H,20,23)(H2,17,24,25). The van der Waals surface area contributed by atoms with Crippen LogP contribution in [-0.2, 0) is 26.2 Å². The molecule has 1 heterocycles. The van der Waals surface area contributed by atoms with Gasteiger partial charge in [0.2, 0.25) is 10.0 Å². The minimum absolute atomic E-state index is 0.221. The van der Waals surface area contributed by atoms with Gasteiger partial charge in [-0.2, -0.15) is 5.10 Å². The molecule has 12 heteroatoms. The maximum absolute atomic E-state index is 12.0. The highest BCUT2D eigenvalue weighted by molar-refractivity contribution is 7.89. The predicted octanol–water partition coefficient (Wildman–Crippen LogP) is -0.456. The van der Waals surface area contributed by atoms with E-state index in [4.69, 9.17) is 14.6 Å². The molecular weight excluding hydrogens is 390 g/mol. The van der Waals surface area contributed by atoms with Crippen LogP contribution in [0.1, 0.15) is 13.8 Å². The molecule has 0 radical (unpaired) electrons. The van der Waals surface area contributed by atoms with E-state index in [-0.39, 0.29) is 11.4 Å². The Kier molecular flexibility index (Phi) is 6.95. The topological polar surface area (TPSA) is 155 Å². The summed E-state index contributed by atoms with van der Waals surface area (Å²) in [5.41, 5.74) is 4.41. The Hall–Kier alpha value is -3.12. The van der Waals surface area contributed by atoms with Crippen molar-refractivity contribution in [2.24, 2.45) is 5.14 Å². The van der Waals surface area contributed by atoms with Gasteiger partial charge >= 0.3 is 0 Å².